The van der Waals surface area contributed by atoms with Crippen molar-refractivity contribution in [3.63, 3.8) is 0 Å². The normalized spacial score (nSPS) is 14.0. The number of nitro benzene ring substituents is 1. The Morgan fingerprint density at radius 2 is 1.24 bits per heavy atom. The van der Waals surface area contributed by atoms with E-state index in [4.69, 9.17) is 32.3 Å². The molecule has 4 N–H and O–H groups in total. The fraction of sp³-hybridized carbons (Fsp3) is 0.300. The third-order valence-corrected chi connectivity index (χ3v) is 6.99. The van der Waals surface area contributed by atoms with E-state index in [1.165, 1.54) is 24.3 Å². The third kappa shape index (κ3) is 9.80. The van der Waals surface area contributed by atoms with Crippen molar-refractivity contribution < 1.29 is 48.8 Å². The molecule has 0 saturated heterocycles. The van der Waals surface area contributed by atoms with Crippen LogP contribution in [0.4, 0.5) is 17.1 Å². The molecule has 0 heterocycles. The largest absolute Gasteiger partial charge is 0.397 e. The van der Waals surface area contributed by atoms with Crippen LogP contribution in [0.3, 0.4) is 0 Å². The maximum Gasteiger partial charge on any atom is 0.397 e. The number of rotatable bonds is 13. The van der Waals surface area contributed by atoms with Crippen LogP contribution in [-0.2, 0) is 29.2 Å². The molecule has 0 spiro atoms. The van der Waals surface area contributed by atoms with Crippen molar-refractivity contribution in [2.75, 3.05) is 35.5 Å². The summed E-state index contributed by atoms with van der Waals surface area (Å²) in [5.74, 6) is -2.53. The summed E-state index contributed by atoms with van der Waals surface area (Å²) in [5, 5.41) is 17.0. The molecule has 21 heteroatoms. The molecule has 0 fully saturated rings. The molecule has 0 saturated carbocycles. The SMILES string of the molecule is O=C1c2cccc([N+](=O)[O-])c2C(=O)c2c(NCC(CCl)OS(=O)(=O)O)ccc(NCC(CCl)OS(=O)(=O)O)c21.[Na].[Na]. The standard InChI is InChI=1S/C20H19Cl2N3O12S2.2Na/c21-6-10(36-38(30,31)32)8-23-13-4-5-14(24-9-11(7-22)37-39(33,34)35)18-17(13)19(26)12-2-1-3-15(25(28)29)16(12)20(18)27;;/h1-5,10-11,23-24H,6-9H2,(H,30,31,32)(H,33,34,35);;. The molecule has 1 aliphatic rings. The molecule has 1 aliphatic carbocycles. The van der Waals surface area contributed by atoms with Gasteiger partial charge in [-0.3, -0.25) is 28.8 Å². The van der Waals surface area contributed by atoms with Crippen molar-refractivity contribution in [1.82, 2.24) is 0 Å². The van der Waals surface area contributed by atoms with E-state index in [0.717, 1.165) is 6.07 Å². The minimum Gasteiger partial charge on any atom is -0.382 e. The van der Waals surface area contributed by atoms with Crippen LogP contribution in [-0.4, -0.2) is 139 Å². The zero-order chi connectivity index (χ0) is 29.1. The summed E-state index contributed by atoms with van der Waals surface area (Å²) >= 11 is 11.4. The average molecular weight is 674 g/mol. The van der Waals surface area contributed by atoms with E-state index in [-0.39, 0.29) is 100 Å². The number of fused-ring (bicyclic) bond motifs is 2. The number of carbonyl (C=O) groups is 2. The Bertz CT molecular complexity index is 1540. The molecule has 2 atom stereocenters. The van der Waals surface area contributed by atoms with Gasteiger partial charge < -0.3 is 10.6 Å². The second-order valence-electron chi connectivity index (χ2n) is 7.89. The van der Waals surface area contributed by atoms with Gasteiger partial charge in [0, 0.05) is 95.2 Å². The first kappa shape index (κ1) is 38.1. The zero-order valence-electron chi connectivity index (χ0n) is 21.4. The van der Waals surface area contributed by atoms with Crippen molar-refractivity contribution in [1.29, 1.82) is 0 Å². The number of halogens is 2. The Balaban J connectivity index is 0.00000420. The van der Waals surface area contributed by atoms with E-state index >= 15 is 0 Å². The van der Waals surface area contributed by atoms with E-state index in [1.54, 1.807) is 0 Å². The van der Waals surface area contributed by atoms with Crippen LogP contribution in [0.1, 0.15) is 31.8 Å². The minimum absolute atomic E-state index is 0. The number of nitro groups is 1. The number of ketones is 2. The topological polar surface area (TPSA) is 229 Å². The van der Waals surface area contributed by atoms with Gasteiger partial charge in [-0.1, -0.05) is 6.07 Å². The molecule has 15 nitrogen and oxygen atoms in total. The summed E-state index contributed by atoms with van der Waals surface area (Å²) in [5.41, 5.74) is -2.02. The summed E-state index contributed by atoms with van der Waals surface area (Å²) in [6, 6.07) is 6.09. The van der Waals surface area contributed by atoms with Gasteiger partial charge in [0.05, 0.1) is 27.8 Å². The Kier molecular flexibility index (Phi) is 14.6. The molecule has 3 rings (SSSR count). The molecule has 2 aromatic rings. The Morgan fingerprint density at radius 1 is 0.805 bits per heavy atom. The van der Waals surface area contributed by atoms with Crippen molar-refractivity contribution >= 4 is 132 Å². The molecular weight excluding hydrogens is 655 g/mol. The summed E-state index contributed by atoms with van der Waals surface area (Å²) in [7, 11) is -9.75. The third-order valence-electron chi connectivity index (χ3n) is 5.27. The number of benzene rings is 2. The van der Waals surface area contributed by atoms with E-state index in [2.05, 4.69) is 19.0 Å². The number of nitrogens with one attached hydrogen (secondary N) is 2. The Hall–Kier alpha value is -0.900. The van der Waals surface area contributed by atoms with Gasteiger partial charge in [-0.15, -0.1) is 23.2 Å². The van der Waals surface area contributed by atoms with E-state index in [0.29, 0.717) is 0 Å². The van der Waals surface area contributed by atoms with Crippen molar-refractivity contribution in [2.24, 2.45) is 0 Å². The summed E-state index contributed by atoms with van der Waals surface area (Å²) in [6.07, 6.45) is -2.60. The van der Waals surface area contributed by atoms with Crippen LogP contribution in [0.25, 0.3) is 0 Å². The van der Waals surface area contributed by atoms with Gasteiger partial charge in [-0.05, 0) is 18.2 Å². The summed E-state index contributed by atoms with van der Waals surface area (Å²) in [6.45, 7) is -0.744. The molecule has 0 aromatic heterocycles. The van der Waals surface area contributed by atoms with E-state index in [1.807, 2.05) is 0 Å². The second-order valence-corrected chi connectivity index (χ2v) is 10.6. The smallest absolute Gasteiger partial charge is 0.382 e. The van der Waals surface area contributed by atoms with Gasteiger partial charge in [0.2, 0.25) is 5.78 Å². The molecular formula is C20H19Cl2N3Na2O12S2. The fourth-order valence-electron chi connectivity index (χ4n) is 3.77. The van der Waals surface area contributed by atoms with Crippen molar-refractivity contribution in [3.8, 4) is 0 Å². The van der Waals surface area contributed by atoms with Crippen LogP contribution in [0.15, 0.2) is 30.3 Å². The second kappa shape index (κ2) is 15.7. The molecule has 0 aliphatic heterocycles. The van der Waals surface area contributed by atoms with Gasteiger partial charge >= 0.3 is 20.8 Å². The van der Waals surface area contributed by atoms with Crippen LogP contribution < -0.4 is 10.6 Å². The Morgan fingerprint density at radius 3 is 1.63 bits per heavy atom. The molecule has 41 heavy (non-hydrogen) atoms. The maximum absolute atomic E-state index is 13.6. The van der Waals surface area contributed by atoms with E-state index in [9.17, 15) is 36.5 Å². The number of nitrogens with zero attached hydrogens (tertiary/aromatic N) is 1. The first-order valence-corrected chi connectivity index (χ1v) is 14.4. The number of hydrogen-bond acceptors (Lipinski definition) is 12. The van der Waals surface area contributed by atoms with Crippen LogP contribution in [0, 0.1) is 10.1 Å². The first-order valence-electron chi connectivity index (χ1n) is 10.6. The van der Waals surface area contributed by atoms with Gasteiger partial charge in [0.1, 0.15) is 17.8 Å². The maximum atomic E-state index is 13.6. The molecule has 2 unspecified atom stereocenters. The van der Waals surface area contributed by atoms with Gasteiger partial charge in [-0.2, -0.15) is 16.8 Å². The first-order chi connectivity index (χ1) is 18.2. The number of hydrogen-bond donors (Lipinski definition) is 4. The molecule has 2 aromatic carbocycles. The van der Waals surface area contributed by atoms with Gasteiger partial charge in [-0.25, -0.2) is 8.37 Å². The van der Waals surface area contributed by atoms with Gasteiger partial charge in [0.25, 0.3) is 5.69 Å². The van der Waals surface area contributed by atoms with Crippen LogP contribution in [0.2, 0.25) is 0 Å². The van der Waals surface area contributed by atoms with Crippen LogP contribution in [0.5, 0.6) is 0 Å². The Labute approximate surface area is 288 Å². The van der Waals surface area contributed by atoms with Crippen molar-refractivity contribution in [3.05, 3.63) is 62.7 Å². The molecule has 0 amide bonds. The number of carbonyl (C=O) groups excluding carboxylic acids is 2. The molecule has 2 radical (unpaired) electrons. The average Bonchev–Trinajstić information content (AvgIpc) is 2.85. The molecule has 0 bridgehead atoms. The van der Waals surface area contributed by atoms with Crippen molar-refractivity contribution in [2.45, 2.75) is 12.2 Å². The van der Waals surface area contributed by atoms with E-state index < -0.39 is 72.5 Å². The zero-order valence-corrected chi connectivity index (χ0v) is 28.5. The predicted molar refractivity (Wildman–Crippen MR) is 149 cm³/mol. The van der Waals surface area contributed by atoms with Gasteiger partial charge in [0.15, 0.2) is 5.78 Å². The predicted octanol–water partition coefficient (Wildman–Crippen LogP) is 1.29. The summed E-state index contributed by atoms with van der Waals surface area (Å²) in [4.78, 5) is 37.9. The fourth-order valence-corrected chi connectivity index (χ4v) is 5.22. The quantitative estimate of drug-likeness (QED) is 0.0659. The monoisotopic (exact) mass is 673 g/mol. The van der Waals surface area contributed by atoms with Crippen LogP contribution >= 0.6 is 23.2 Å². The number of alkyl halides is 2. The summed E-state index contributed by atoms with van der Waals surface area (Å²) < 4.78 is 71.0. The number of anilines is 2. The minimum atomic E-state index is -4.88. The molecule has 214 valence electrons.